The molecule has 1 atom stereocenters. The minimum Gasteiger partial charge on any atom is -0.497 e. The summed E-state index contributed by atoms with van der Waals surface area (Å²) in [5.74, 6) is 0.861. The molecule has 4 aromatic rings. The number of amides is 1. The monoisotopic (exact) mass is 600 g/mol. The summed E-state index contributed by atoms with van der Waals surface area (Å²) in [7, 11) is 3.53. The molecule has 0 saturated heterocycles. The lowest BCUT2D eigenvalue weighted by Crippen LogP contribution is -2.47. The van der Waals surface area contributed by atoms with Gasteiger partial charge in [0.25, 0.3) is 0 Å². The van der Waals surface area contributed by atoms with Gasteiger partial charge >= 0.3 is 0 Å². The van der Waals surface area contributed by atoms with Gasteiger partial charge in [-0.1, -0.05) is 63.1 Å². The van der Waals surface area contributed by atoms with Gasteiger partial charge in [-0.15, -0.1) is 11.3 Å². The van der Waals surface area contributed by atoms with E-state index in [0.29, 0.717) is 13.0 Å². The van der Waals surface area contributed by atoms with Gasteiger partial charge in [-0.25, -0.2) is 0 Å². The van der Waals surface area contributed by atoms with Crippen LogP contribution in [-0.4, -0.2) is 32.4 Å². The highest BCUT2D eigenvalue weighted by Crippen LogP contribution is 2.35. The Morgan fingerprint density at radius 1 is 1.00 bits per heavy atom. The predicted octanol–water partition coefficient (Wildman–Crippen LogP) is 8.24. The summed E-state index contributed by atoms with van der Waals surface area (Å²) < 4.78 is 5.24. The molecule has 3 aromatic carbocycles. The van der Waals surface area contributed by atoms with E-state index in [2.05, 4.69) is 45.2 Å². The van der Waals surface area contributed by atoms with Crippen molar-refractivity contribution in [1.82, 2.24) is 0 Å². The molecule has 5 rings (SSSR count). The van der Waals surface area contributed by atoms with E-state index in [1.807, 2.05) is 75.5 Å². The number of ether oxygens (including phenoxy) is 1. The van der Waals surface area contributed by atoms with Crippen molar-refractivity contribution in [3.05, 3.63) is 89.8 Å². The van der Waals surface area contributed by atoms with Gasteiger partial charge in [0.15, 0.2) is 0 Å². The maximum Gasteiger partial charge on any atom is 0.247 e. The molecule has 7 nitrogen and oxygen atoms in total. The fourth-order valence-electron chi connectivity index (χ4n) is 4.88. The lowest BCUT2D eigenvalue weighted by atomic mass is 10.00. The Balaban J connectivity index is 0.000000265. The summed E-state index contributed by atoms with van der Waals surface area (Å²) in [5, 5.41) is 8.19. The van der Waals surface area contributed by atoms with Gasteiger partial charge in [0.2, 0.25) is 5.91 Å². The molecule has 1 aliphatic rings. The Morgan fingerprint density at radius 2 is 1.77 bits per heavy atom. The highest BCUT2D eigenvalue weighted by Gasteiger charge is 2.32. The molecule has 1 aliphatic heterocycles. The molecule has 228 valence electrons. The number of hydrogen-bond acceptors (Lipinski definition) is 7. The molecule has 43 heavy (non-hydrogen) atoms. The SMILES string of the molecule is CC.CNc1cc(-c2cccs2)ccc1N.COc1ccc(CN2c3ccccc3NC(=O)C2CCCCCC=O)cc1. The Bertz CT molecular complexity index is 1410. The Labute approximate surface area is 260 Å². The Morgan fingerprint density at radius 3 is 2.44 bits per heavy atom. The summed E-state index contributed by atoms with van der Waals surface area (Å²) in [4.78, 5) is 26.7. The van der Waals surface area contributed by atoms with Crippen LogP contribution in [0.2, 0.25) is 0 Å². The number of unbranched alkanes of at least 4 members (excludes halogenated alkanes) is 3. The molecular weight excluding hydrogens is 556 g/mol. The van der Waals surface area contributed by atoms with Crippen LogP contribution in [0, 0.1) is 0 Å². The molecule has 2 heterocycles. The molecule has 0 bridgehead atoms. The maximum absolute atomic E-state index is 12.7. The van der Waals surface area contributed by atoms with E-state index in [1.165, 1.54) is 10.4 Å². The molecular formula is C35H44N4O3S. The topological polar surface area (TPSA) is 96.7 Å². The number of hydrogen-bond donors (Lipinski definition) is 3. The van der Waals surface area contributed by atoms with Crippen molar-refractivity contribution in [3.8, 4) is 16.2 Å². The highest BCUT2D eigenvalue weighted by molar-refractivity contribution is 7.13. The number of methoxy groups -OCH3 is 1. The van der Waals surface area contributed by atoms with E-state index in [-0.39, 0.29) is 11.9 Å². The number of nitrogen functional groups attached to an aromatic ring is 1. The second-order valence-electron chi connectivity index (χ2n) is 9.83. The van der Waals surface area contributed by atoms with Gasteiger partial charge in [0, 0.05) is 24.9 Å². The van der Waals surface area contributed by atoms with E-state index in [4.69, 9.17) is 10.5 Å². The van der Waals surface area contributed by atoms with Crippen LogP contribution in [0.15, 0.2) is 84.2 Å². The number of nitrogens with zero attached hydrogens (tertiary/aromatic N) is 1. The average Bonchev–Trinajstić information content (AvgIpc) is 3.59. The number of anilines is 4. The summed E-state index contributed by atoms with van der Waals surface area (Å²) in [6, 6.07) is 25.9. The van der Waals surface area contributed by atoms with Crippen molar-refractivity contribution in [2.45, 2.75) is 58.5 Å². The third-order valence-corrected chi connectivity index (χ3v) is 8.01. The number of nitrogens with one attached hydrogen (secondary N) is 2. The van der Waals surface area contributed by atoms with Gasteiger partial charge in [-0.2, -0.15) is 0 Å². The van der Waals surface area contributed by atoms with Gasteiger partial charge in [0.1, 0.15) is 18.1 Å². The zero-order valence-electron chi connectivity index (χ0n) is 25.6. The normalized spacial score (nSPS) is 13.3. The van der Waals surface area contributed by atoms with Gasteiger partial charge in [-0.05, 0) is 71.8 Å². The molecule has 0 saturated carbocycles. The first-order valence-electron chi connectivity index (χ1n) is 14.9. The van der Waals surface area contributed by atoms with Crippen molar-refractivity contribution < 1.29 is 14.3 Å². The molecule has 0 radical (unpaired) electrons. The van der Waals surface area contributed by atoms with Crippen molar-refractivity contribution in [2.24, 2.45) is 0 Å². The van der Waals surface area contributed by atoms with Crippen molar-refractivity contribution in [2.75, 3.05) is 35.4 Å². The zero-order chi connectivity index (χ0) is 31.0. The Kier molecular flexibility index (Phi) is 13.6. The van der Waals surface area contributed by atoms with Crippen molar-refractivity contribution >= 4 is 46.3 Å². The summed E-state index contributed by atoms with van der Waals surface area (Å²) in [6.45, 7) is 4.66. The number of para-hydroxylation sites is 2. The van der Waals surface area contributed by atoms with Gasteiger partial charge in [-0.3, -0.25) is 4.79 Å². The first kappa shape index (κ1) is 33.2. The third kappa shape index (κ3) is 9.35. The number of aldehydes is 1. The molecule has 8 heteroatoms. The van der Waals surface area contributed by atoms with E-state index >= 15 is 0 Å². The number of carbonyl (C=O) groups is 2. The number of carbonyl (C=O) groups excluding carboxylic acids is 2. The van der Waals surface area contributed by atoms with Crippen LogP contribution < -0.4 is 26.0 Å². The smallest absolute Gasteiger partial charge is 0.247 e. The van der Waals surface area contributed by atoms with Crippen LogP contribution >= 0.6 is 11.3 Å². The lowest BCUT2D eigenvalue weighted by Gasteiger charge is -2.38. The number of fused-ring (bicyclic) bond motifs is 1. The van der Waals surface area contributed by atoms with Crippen LogP contribution in [0.25, 0.3) is 10.4 Å². The Hall–Kier alpha value is -4.30. The molecule has 0 spiro atoms. The van der Waals surface area contributed by atoms with Crippen molar-refractivity contribution in [1.29, 1.82) is 0 Å². The largest absolute Gasteiger partial charge is 0.497 e. The van der Waals surface area contributed by atoms with Crippen molar-refractivity contribution in [3.63, 3.8) is 0 Å². The number of benzene rings is 3. The summed E-state index contributed by atoms with van der Waals surface area (Å²) in [5.41, 5.74) is 11.8. The van der Waals surface area contributed by atoms with E-state index in [1.54, 1.807) is 18.4 Å². The van der Waals surface area contributed by atoms with Crippen LogP contribution in [0.5, 0.6) is 5.75 Å². The second-order valence-corrected chi connectivity index (χ2v) is 10.8. The fraction of sp³-hybridized carbons (Fsp3) is 0.314. The van der Waals surface area contributed by atoms with E-state index in [0.717, 1.165) is 66.0 Å². The molecule has 0 aliphatic carbocycles. The maximum atomic E-state index is 12.7. The van der Waals surface area contributed by atoms with Crippen LogP contribution in [-0.2, 0) is 16.1 Å². The molecule has 4 N–H and O–H groups in total. The number of nitrogens with two attached hydrogens (primary N) is 1. The minimum absolute atomic E-state index is 0.0394. The third-order valence-electron chi connectivity index (χ3n) is 7.09. The van der Waals surface area contributed by atoms with Gasteiger partial charge < -0.3 is 30.8 Å². The lowest BCUT2D eigenvalue weighted by molar-refractivity contribution is -0.118. The standard InChI is InChI=1S/C22H26N2O3.C11H12N2S.C2H6/c1-27-18-13-11-17(12-14-18)16-24-20-9-6-5-8-19(20)23-22(26)21(24)10-4-2-3-7-15-25;1-13-10-7-8(4-5-9(10)12)11-3-2-6-14-11;1-2/h5-6,8-9,11-15,21H,2-4,7,10,16H2,1H3,(H,23,26);2-7,13H,12H2,1H3;1-2H3. The number of rotatable bonds is 11. The predicted molar refractivity (Wildman–Crippen MR) is 182 cm³/mol. The molecule has 1 amide bonds. The molecule has 0 fully saturated rings. The summed E-state index contributed by atoms with van der Waals surface area (Å²) in [6.07, 6.45) is 5.09. The minimum atomic E-state index is -0.210. The average molecular weight is 601 g/mol. The van der Waals surface area contributed by atoms with Crippen LogP contribution in [0.4, 0.5) is 22.7 Å². The fourth-order valence-corrected chi connectivity index (χ4v) is 5.60. The number of thiophene rings is 1. The highest BCUT2D eigenvalue weighted by atomic mass is 32.1. The second kappa shape index (κ2) is 17.6. The first-order valence-corrected chi connectivity index (χ1v) is 15.8. The zero-order valence-corrected chi connectivity index (χ0v) is 26.5. The van der Waals surface area contributed by atoms with E-state index < -0.39 is 0 Å². The van der Waals surface area contributed by atoms with Crippen LogP contribution in [0.3, 0.4) is 0 Å². The molecule has 1 aromatic heterocycles. The summed E-state index contributed by atoms with van der Waals surface area (Å²) >= 11 is 1.73. The first-order chi connectivity index (χ1) is 21.0. The van der Waals surface area contributed by atoms with Gasteiger partial charge in [0.05, 0.1) is 29.9 Å². The quantitative estimate of drug-likeness (QED) is 0.0912. The molecule has 1 unspecified atom stereocenters. The van der Waals surface area contributed by atoms with E-state index in [9.17, 15) is 9.59 Å². The van der Waals surface area contributed by atoms with Crippen LogP contribution in [0.1, 0.15) is 51.5 Å².